The van der Waals surface area contributed by atoms with Gasteiger partial charge in [0.05, 0.1) is 40.9 Å². The minimum absolute atomic E-state index is 0.122. The summed E-state index contributed by atoms with van der Waals surface area (Å²) in [7, 11) is 0. The molecule has 6 rings (SSSR count). The Morgan fingerprint density at radius 2 is 1.81 bits per heavy atom. The molecule has 2 amide bonds. The summed E-state index contributed by atoms with van der Waals surface area (Å²) in [6.07, 6.45) is 4.98. The molecule has 3 N–H and O–H groups in total. The Morgan fingerprint density at radius 1 is 1.04 bits per heavy atom. The number of aliphatic hydroxyl groups excluding tert-OH is 2. The third-order valence-corrected chi connectivity index (χ3v) is 9.54. The number of nitro benzene ring substituents is 1. The van der Waals surface area contributed by atoms with Crippen molar-refractivity contribution in [1.82, 2.24) is 4.98 Å². The number of rotatable bonds is 11. The molecule has 1 aliphatic carbocycles. The molecule has 0 saturated carbocycles. The van der Waals surface area contributed by atoms with Crippen molar-refractivity contribution in [1.29, 1.82) is 0 Å². The summed E-state index contributed by atoms with van der Waals surface area (Å²) in [6, 6.07) is 22.1. The number of benzene rings is 3. The second-order valence-electron chi connectivity index (χ2n) is 12.4. The summed E-state index contributed by atoms with van der Waals surface area (Å²) in [5.74, 6) is -3.23. The van der Waals surface area contributed by atoms with E-state index in [4.69, 9.17) is 0 Å². The van der Waals surface area contributed by atoms with Gasteiger partial charge in [-0.15, -0.1) is 0 Å². The van der Waals surface area contributed by atoms with Crippen molar-refractivity contribution in [3.8, 4) is 5.75 Å². The average Bonchev–Trinajstić information content (AvgIpc) is 3.35. The van der Waals surface area contributed by atoms with Crippen LogP contribution in [0.5, 0.6) is 5.75 Å². The predicted molar refractivity (Wildman–Crippen MR) is 183 cm³/mol. The van der Waals surface area contributed by atoms with E-state index in [1.54, 1.807) is 12.3 Å². The van der Waals surface area contributed by atoms with Crippen LogP contribution in [-0.2, 0) is 9.59 Å². The lowest BCUT2D eigenvalue weighted by Gasteiger charge is -2.36. The van der Waals surface area contributed by atoms with Crippen LogP contribution in [0, 0.1) is 27.9 Å². The summed E-state index contributed by atoms with van der Waals surface area (Å²) < 4.78 is 0. The van der Waals surface area contributed by atoms with Crippen molar-refractivity contribution < 1.29 is 29.8 Å². The van der Waals surface area contributed by atoms with E-state index in [1.807, 2.05) is 61.5 Å². The summed E-state index contributed by atoms with van der Waals surface area (Å²) in [6.45, 7) is 1.56. The van der Waals surface area contributed by atoms with Crippen LogP contribution < -0.4 is 4.90 Å². The van der Waals surface area contributed by atoms with E-state index < -0.39 is 47.2 Å². The first-order chi connectivity index (χ1) is 23.2. The quantitative estimate of drug-likeness (QED) is 0.0727. The summed E-state index contributed by atoms with van der Waals surface area (Å²) in [5.41, 5.74) is 3.82. The topological polar surface area (TPSA) is 154 Å². The van der Waals surface area contributed by atoms with Crippen molar-refractivity contribution in [2.24, 2.45) is 17.8 Å². The number of phenols is 1. The van der Waals surface area contributed by atoms with Gasteiger partial charge in [-0.2, -0.15) is 0 Å². The molecule has 3 aromatic carbocycles. The highest BCUT2D eigenvalue weighted by atomic mass is 16.6. The van der Waals surface area contributed by atoms with E-state index in [0.717, 1.165) is 44.5 Å². The molecule has 10 heteroatoms. The Hall–Kier alpha value is -5.19. The number of carbonyl (C=O) groups is 2. The van der Waals surface area contributed by atoms with Gasteiger partial charge >= 0.3 is 0 Å². The van der Waals surface area contributed by atoms with Crippen molar-refractivity contribution >= 4 is 45.6 Å². The Labute approximate surface area is 277 Å². The van der Waals surface area contributed by atoms with Crippen molar-refractivity contribution in [2.45, 2.75) is 45.1 Å². The highest BCUT2D eigenvalue weighted by Gasteiger charge is 2.55. The van der Waals surface area contributed by atoms with Crippen molar-refractivity contribution in [3.63, 3.8) is 0 Å². The second kappa shape index (κ2) is 13.9. The van der Waals surface area contributed by atoms with Gasteiger partial charge in [-0.25, -0.2) is 4.90 Å². The molecule has 2 aliphatic rings. The van der Waals surface area contributed by atoms with E-state index in [2.05, 4.69) is 4.98 Å². The Balaban J connectivity index is 1.32. The zero-order valence-corrected chi connectivity index (χ0v) is 26.5. The maximum Gasteiger partial charge on any atom is 0.271 e. The zero-order chi connectivity index (χ0) is 33.9. The molecule has 0 spiro atoms. The zero-order valence-electron chi connectivity index (χ0n) is 26.5. The molecular weight excluding hydrogens is 610 g/mol. The number of fused-ring (bicyclic) bond motifs is 2. The number of aromatic hydroxyl groups is 1. The fraction of sp³-hybridized carbons (Fsp3) is 0.289. The molecule has 2 heterocycles. The fourth-order valence-electron chi connectivity index (χ4n) is 7.39. The van der Waals surface area contributed by atoms with E-state index in [1.165, 1.54) is 24.3 Å². The average molecular weight is 648 g/mol. The van der Waals surface area contributed by atoms with Crippen LogP contribution in [0.3, 0.4) is 0 Å². The van der Waals surface area contributed by atoms with Gasteiger partial charge < -0.3 is 15.3 Å². The molecule has 1 aromatic heterocycles. The number of phenolic OH excluding ortho intramolecular Hbond substituents is 1. The number of nitro groups is 1. The first-order valence-electron chi connectivity index (χ1n) is 16.2. The minimum Gasteiger partial charge on any atom is -0.507 e. The molecule has 246 valence electrons. The van der Waals surface area contributed by atoms with Gasteiger partial charge in [-0.1, -0.05) is 61.4 Å². The molecule has 1 fully saturated rings. The molecule has 4 aromatic rings. The molecular formula is C38H37N3O7. The second-order valence-corrected chi connectivity index (χ2v) is 12.4. The SMILES string of the molecule is CCCC1=C([C@H](O)CC/C(=C/c2ccc(O)c3ccccc23)c2ccccn2)[C@H](CO)[C@@H]2C(=O)N(c3cccc([N+](=O)[O-])c3)C(=O)[C@@H]2C1. The first-order valence-corrected chi connectivity index (χ1v) is 16.2. The Bertz CT molecular complexity index is 1940. The third kappa shape index (κ3) is 6.12. The smallest absolute Gasteiger partial charge is 0.271 e. The third-order valence-electron chi connectivity index (χ3n) is 9.54. The number of aromatic nitrogens is 1. The van der Waals surface area contributed by atoms with Gasteiger partial charge in [0.15, 0.2) is 0 Å². The largest absolute Gasteiger partial charge is 0.507 e. The Kier molecular flexibility index (Phi) is 9.47. The summed E-state index contributed by atoms with van der Waals surface area (Å²) in [5, 5.41) is 46.0. The van der Waals surface area contributed by atoms with Crippen LogP contribution in [0.1, 0.15) is 50.3 Å². The van der Waals surface area contributed by atoms with Crippen molar-refractivity contribution in [3.05, 3.63) is 118 Å². The molecule has 1 saturated heterocycles. The highest BCUT2D eigenvalue weighted by molar-refractivity contribution is 6.22. The normalized spacial score (nSPS) is 20.4. The summed E-state index contributed by atoms with van der Waals surface area (Å²) >= 11 is 0. The molecule has 48 heavy (non-hydrogen) atoms. The van der Waals surface area contributed by atoms with E-state index in [9.17, 15) is 35.0 Å². The van der Waals surface area contributed by atoms with Gasteiger partial charge in [0.25, 0.3) is 5.69 Å². The lowest BCUT2D eigenvalue weighted by atomic mass is 9.67. The number of amides is 2. The molecule has 4 atom stereocenters. The minimum atomic E-state index is -1.01. The van der Waals surface area contributed by atoms with Gasteiger partial charge in [-0.05, 0) is 78.1 Å². The molecule has 10 nitrogen and oxygen atoms in total. The van der Waals surface area contributed by atoms with Crippen LogP contribution in [-0.4, -0.2) is 49.8 Å². The number of nitrogens with zero attached hydrogens (tertiary/aromatic N) is 3. The van der Waals surface area contributed by atoms with Crippen LogP contribution in [0.15, 0.2) is 96.2 Å². The highest BCUT2D eigenvalue weighted by Crippen LogP contribution is 2.48. The van der Waals surface area contributed by atoms with Crippen LogP contribution >= 0.6 is 0 Å². The van der Waals surface area contributed by atoms with Crippen LogP contribution in [0.2, 0.25) is 0 Å². The fourth-order valence-corrected chi connectivity index (χ4v) is 7.39. The monoisotopic (exact) mass is 647 g/mol. The summed E-state index contributed by atoms with van der Waals surface area (Å²) in [4.78, 5) is 44.0. The van der Waals surface area contributed by atoms with Crippen molar-refractivity contribution in [2.75, 3.05) is 11.5 Å². The number of allylic oxidation sites excluding steroid dienone is 2. The molecule has 0 bridgehead atoms. The Morgan fingerprint density at radius 3 is 2.52 bits per heavy atom. The maximum atomic E-state index is 13.9. The lowest BCUT2D eigenvalue weighted by Crippen LogP contribution is -2.39. The number of hydrogen-bond acceptors (Lipinski definition) is 8. The predicted octanol–water partition coefficient (Wildman–Crippen LogP) is 6.45. The molecule has 0 unspecified atom stereocenters. The first kappa shape index (κ1) is 32.7. The molecule has 1 aliphatic heterocycles. The number of hydrogen-bond donors (Lipinski definition) is 3. The molecule has 0 radical (unpaired) electrons. The maximum absolute atomic E-state index is 13.9. The number of pyridine rings is 1. The van der Waals surface area contributed by atoms with E-state index >= 15 is 0 Å². The number of carbonyl (C=O) groups excluding carboxylic acids is 2. The van der Waals surface area contributed by atoms with Gasteiger partial charge in [0, 0.05) is 29.6 Å². The number of aliphatic hydroxyl groups is 2. The van der Waals surface area contributed by atoms with E-state index in [-0.39, 0.29) is 30.0 Å². The van der Waals surface area contributed by atoms with Crippen LogP contribution in [0.4, 0.5) is 11.4 Å². The van der Waals surface area contributed by atoms with Gasteiger partial charge in [-0.3, -0.25) is 24.7 Å². The standard InChI is InChI=1S/C38H37N3O7/c1-2-8-25-20-30-36(38(46)40(37(30)45)26-9-7-10-27(21-26)41(47)48)31(22-42)35(25)34(44)17-15-24(32-13-5-6-18-39-32)19-23-14-16-33(43)29-12-4-3-11-28(23)29/h3-7,9-14,16,18-19,21,30-31,34,36,42-44H,2,8,15,17,20,22H2,1H3/b24-19-/t30-,31+,34-,36-/m1/s1. The number of anilines is 1. The van der Waals surface area contributed by atoms with Gasteiger partial charge in [0.2, 0.25) is 11.8 Å². The number of non-ortho nitro benzene ring substituents is 1. The lowest BCUT2D eigenvalue weighted by molar-refractivity contribution is -0.384. The van der Waals surface area contributed by atoms with Crippen LogP contribution in [0.25, 0.3) is 22.4 Å². The van der Waals surface area contributed by atoms with Gasteiger partial charge in [0.1, 0.15) is 5.75 Å². The van der Waals surface area contributed by atoms with E-state index in [0.29, 0.717) is 18.4 Å². The number of imide groups is 1.